The van der Waals surface area contributed by atoms with E-state index in [2.05, 4.69) is 6.92 Å². The summed E-state index contributed by atoms with van der Waals surface area (Å²) < 4.78 is 0. The molecule has 0 amide bonds. The molecule has 0 radical (unpaired) electrons. The smallest absolute Gasteiger partial charge is 0.0266 e. The Morgan fingerprint density at radius 1 is 1.56 bits per heavy atom. The van der Waals surface area contributed by atoms with Crippen LogP contribution in [0, 0.1) is 11.3 Å². The van der Waals surface area contributed by atoms with Crippen LogP contribution < -0.4 is 0 Å². The van der Waals surface area contributed by atoms with Gasteiger partial charge in [-0.05, 0) is 37.0 Å². The zero-order valence-electron chi connectivity index (χ0n) is 6.32. The highest BCUT2D eigenvalue weighted by Crippen LogP contribution is 2.65. The van der Waals surface area contributed by atoms with Crippen LogP contribution in [0.3, 0.4) is 0 Å². The number of hydrogen-bond donors (Lipinski definition) is 0. The Kier molecular flexibility index (Phi) is 1.12. The van der Waals surface area contributed by atoms with Crippen LogP contribution in [0.4, 0.5) is 0 Å². The Balaban J connectivity index is 1.95. The molecule has 0 aromatic heterocycles. The van der Waals surface area contributed by atoms with E-state index in [1.165, 1.54) is 25.2 Å². The fourth-order valence-corrected chi connectivity index (χ4v) is 2.78. The van der Waals surface area contributed by atoms with Gasteiger partial charge in [-0.2, -0.15) is 0 Å². The molecule has 2 atom stereocenters. The molecule has 0 N–H and O–H groups in total. The van der Waals surface area contributed by atoms with Gasteiger partial charge in [0.1, 0.15) is 0 Å². The van der Waals surface area contributed by atoms with Crippen molar-refractivity contribution in [2.45, 2.75) is 45.4 Å². The van der Waals surface area contributed by atoms with Crippen LogP contribution in [0.25, 0.3) is 0 Å². The lowest BCUT2D eigenvalue weighted by atomic mass is 9.98. The maximum Gasteiger partial charge on any atom is -0.0266 e. The van der Waals surface area contributed by atoms with Gasteiger partial charge in [-0.1, -0.05) is 19.8 Å². The van der Waals surface area contributed by atoms with Crippen LogP contribution >= 0.6 is 0 Å². The molecular formula is C9H16. The quantitative estimate of drug-likeness (QED) is 0.531. The zero-order chi connectivity index (χ0) is 6.32. The molecule has 0 aliphatic heterocycles. The summed E-state index contributed by atoms with van der Waals surface area (Å²) in [5.41, 5.74) is 0.911. The second kappa shape index (κ2) is 1.74. The normalized spacial score (nSPS) is 47.0. The van der Waals surface area contributed by atoms with Crippen molar-refractivity contribution >= 4 is 0 Å². The van der Waals surface area contributed by atoms with Crippen molar-refractivity contribution in [2.75, 3.05) is 0 Å². The van der Waals surface area contributed by atoms with E-state index in [4.69, 9.17) is 0 Å². The van der Waals surface area contributed by atoms with Crippen LogP contribution in [0.2, 0.25) is 0 Å². The third-order valence-electron chi connectivity index (χ3n) is 3.33. The molecule has 2 aliphatic rings. The number of rotatable bonds is 2. The molecule has 0 bridgehead atoms. The maximum absolute atomic E-state index is 2.32. The van der Waals surface area contributed by atoms with Crippen LogP contribution in [-0.2, 0) is 0 Å². The third kappa shape index (κ3) is 0.720. The van der Waals surface area contributed by atoms with Crippen LogP contribution in [-0.4, -0.2) is 0 Å². The molecule has 0 saturated heterocycles. The molecule has 0 aromatic rings. The molecule has 0 heteroatoms. The van der Waals surface area contributed by atoms with Crippen molar-refractivity contribution in [2.24, 2.45) is 11.3 Å². The van der Waals surface area contributed by atoms with Gasteiger partial charge < -0.3 is 0 Å². The monoisotopic (exact) mass is 124 g/mol. The SMILES string of the molecule is CCC[C@@]12CCCC1C2. The molecule has 2 aliphatic carbocycles. The predicted octanol–water partition coefficient (Wildman–Crippen LogP) is 2.98. The van der Waals surface area contributed by atoms with Crippen molar-refractivity contribution in [1.29, 1.82) is 0 Å². The van der Waals surface area contributed by atoms with E-state index in [0.717, 1.165) is 5.41 Å². The van der Waals surface area contributed by atoms with E-state index >= 15 is 0 Å². The van der Waals surface area contributed by atoms with Gasteiger partial charge in [0.15, 0.2) is 0 Å². The molecule has 0 nitrogen and oxygen atoms in total. The summed E-state index contributed by atoms with van der Waals surface area (Å²) in [5.74, 6) is 1.18. The standard InChI is InChI=1S/C9H16/c1-2-5-9-6-3-4-8(9)7-9/h8H,2-7H2,1H3/t8?,9-/m0/s1. The summed E-state index contributed by atoms with van der Waals surface area (Å²) >= 11 is 0. The molecule has 0 aromatic carbocycles. The first-order chi connectivity index (χ1) is 4.37. The van der Waals surface area contributed by atoms with Gasteiger partial charge in [-0.15, -0.1) is 0 Å². The van der Waals surface area contributed by atoms with Gasteiger partial charge in [0, 0.05) is 0 Å². The Bertz CT molecular complexity index is 117. The highest BCUT2D eigenvalue weighted by atomic mass is 14.6. The van der Waals surface area contributed by atoms with Gasteiger partial charge in [-0.25, -0.2) is 0 Å². The lowest BCUT2D eigenvalue weighted by Crippen LogP contribution is -1.95. The minimum absolute atomic E-state index is 0.911. The highest BCUT2D eigenvalue weighted by Gasteiger charge is 2.55. The van der Waals surface area contributed by atoms with Gasteiger partial charge >= 0.3 is 0 Å². The molecule has 52 valence electrons. The van der Waals surface area contributed by atoms with E-state index in [9.17, 15) is 0 Å². The average molecular weight is 124 g/mol. The predicted molar refractivity (Wildman–Crippen MR) is 39.3 cm³/mol. The second-order valence-corrected chi connectivity index (χ2v) is 3.91. The minimum atomic E-state index is 0.911. The average Bonchev–Trinajstić information content (AvgIpc) is 2.37. The topological polar surface area (TPSA) is 0 Å². The van der Waals surface area contributed by atoms with E-state index in [-0.39, 0.29) is 0 Å². The lowest BCUT2D eigenvalue weighted by molar-refractivity contribution is 0.440. The Morgan fingerprint density at radius 3 is 2.89 bits per heavy atom. The van der Waals surface area contributed by atoms with Crippen molar-refractivity contribution in [3.05, 3.63) is 0 Å². The molecule has 9 heavy (non-hydrogen) atoms. The maximum atomic E-state index is 2.32. The van der Waals surface area contributed by atoms with Crippen molar-refractivity contribution in [3.63, 3.8) is 0 Å². The largest absolute Gasteiger partial charge is 0.0654 e. The van der Waals surface area contributed by atoms with E-state index in [1.807, 2.05) is 0 Å². The Morgan fingerprint density at radius 2 is 2.44 bits per heavy atom. The summed E-state index contributed by atoms with van der Waals surface area (Å²) in [6.07, 6.45) is 9.17. The van der Waals surface area contributed by atoms with Crippen LogP contribution in [0.5, 0.6) is 0 Å². The fourth-order valence-electron chi connectivity index (χ4n) is 2.78. The third-order valence-corrected chi connectivity index (χ3v) is 3.33. The van der Waals surface area contributed by atoms with E-state index in [0.29, 0.717) is 0 Å². The first-order valence-corrected chi connectivity index (χ1v) is 4.37. The van der Waals surface area contributed by atoms with E-state index < -0.39 is 0 Å². The number of fused-ring (bicyclic) bond motifs is 1. The molecule has 2 saturated carbocycles. The molecule has 1 unspecified atom stereocenters. The summed E-state index contributed by atoms with van der Waals surface area (Å²) in [6, 6.07) is 0. The minimum Gasteiger partial charge on any atom is -0.0654 e. The Hall–Kier alpha value is 0. The second-order valence-electron chi connectivity index (χ2n) is 3.91. The van der Waals surface area contributed by atoms with Gasteiger partial charge in [0.2, 0.25) is 0 Å². The summed E-state index contributed by atoms with van der Waals surface area (Å²) in [7, 11) is 0. The first-order valence-electron chi connectivity index (χ1n) is 4.37. The van der Waals surface area contributed by atoms with Crippen molar-refractivity contribution < 1.29 is 0 Å². The summed E-state index contributed by atoms with van der Waals surface area (Å²) in [6.45, 7) is 2.32. The molecule has 2 rings (SSSR count). The Labute approximate surface area is 57.6 Å². The first kappa shape index (κ1) is 5.76. The molecule has 2 fully saturated rings. The van der Waals surface area contributed by atoms with Gasteiger partial charge in [0.25, 0.3) is 0 Å². The fraction of sp³-hybridized carbons (Fsp3) is 1.00. The summed E-state index contributed by atoms with van der Waals surface area (Å²) in [5, 5.41) is 0. The van der Waals surface area contributed by atoms with Crippen LogP contribution in [0.15, 0.2) is 0 Å². The molecular weight excluding hydrogens is 108 g/mol. The lowest BCUT2D eigenvalue weighted by Gasteiger charge is -2.07. The summed E-state index contributed by atoms with van der Waals surface area (Å²) in [4.78, 5) is 0. The highest BCUT2D eigenvalue weighted by molar-refractivity contribution is 5.05. The van der Waals surface area contributed by atoms with Gasteiger partial charge in [-0.3, -0.25) is 0 Å². The number of hydrogen-bond acceptors (Lipinski definition) is 0. The molecule has 0 spiro atoms. The zero-order valence-corrected chi connectivity index (χ0v) is 6.32. The molecule has 0 heterocycles. The van der Waals surface area contributed by atoms with Crippen molar-refractivity contribution in [3.8, 4) is 0 Å². The van der Waals surface area contributed by atoms with E-state index in [1.54, 1.807) is 19.3 Å². The van der Waals surface area contributed by atoms with Crippen molar-refractivity contribution in [1.82, 2.24) is 0 Å². The van der Waals surface area contributed by atoms with Gasteiger partial charge in [0.05, 0.1) is 0 Å². The van der Waals surface area contributed by atoms with Crippen LogP contribution in [0.1, 0.15) is 45.4 Å².